The largest absolute Gasteiger partial charge is 0.496 e. The average Bonchev–Trinajstić information content (AvgIpc) is 2.62. The van der Waals surface area contributed by atoms with E-state index in [0.717, 1.165) is 48.0 Å². The fourth-order valence-corrected chi connectivity index (χ4v) is 2.55. The van der Waals surface area contributed by atoms with Crippen molar-refractivity contribution in [1.82, 2.24) is 4.98 Å². The van der Waals surface area contributed by atoms with E-state index in [1.807, 2.05) is 26.0 Å². The van der Waals surface area contributed by atoms with Crippen LogP contribution >= 0.6 is 11.6 Å². The summed E-state index contributed by atoms with van der Waals surface area (Å²) in [5.74, 6) is 0.812. The molecular formula is C20H25ClN2O2. The Kier molecular flexibility index (Phi) is 8.86. The highest BCUT2D eigenvalue weighted by Crippen LogP contribution is 2.20. The maximum absolute atomic E-state index is 10.5. The standard InChI is InChI=1S/C11H14O2.C9H11ClN2/c1-3-4-10-6-5-9(8-12)7-11(10)13-2;1-3-8(11)7-5-12-9(10)4-6(7)2/h5-8H,3-4H2,1-2H3;4-5,11H,3H2,1-2H3. The normalized spacial score (nSPS) is 9.80. The van der Waals surface area contributed by atoms with Gasteiger partial charge in [-0.2, -0.15) is 0 Å². The third kappa shape index (κ3) is 6.31. The van der Waals surface area contributed by atoms with E-state index in [0.29, 0.717) is 16.4 Å². The zero-order valence-electron chi connectivity index (χ0n) is 15.2. The fourth-order valence-electron chi connectivity index (χ4n) is 2.34. The summed E-state index contributed by atoms with van der Waals surface area (Å²) in [4.78, 5) is 14.4. The Morgan fingerprint density at radius 3 is 2.56 bits per heavy atom. The monoisotopic (exact) mass is 360 g/mol. The van der Waals surface area contributed by atoms with Crippen molar-refractivity contribution in [2.75, 3.05) is 7.11 Å². The van der Waals surface area contributed by atoms with E-state index in [1.54, 1.807) is 25.4 Å². The summed E-state index contributed by atoms with van der Waals surface area (Å²) < 4.78 is 5.18. The zero-order valence-corrected chi connectivity index (χ0v) is 16.0. The first-order valence-electron chi connectivity index (χ1n) is 8.28. The third-order valence-corrected chi connectivity index (χ3v) is 3.93. The quantitative estimate of drug-likeness (QED) is 0.433. The Bertz CT molecular complexity index is 730. The van der Waals surface area contributed by atoms with Gasteiger partial charge in [0.25, 0.3) is 0 Å². The topological polar surface area (TPSA) is 63.0 Å². The van der Waals surface area contributed by atoms with E-state index in [1.165, 1.54) is 0 Å². The Morgan fingerprint density at radius 1 is 1.32 bits per heavy atom. The van der Waals surface area contributed by atoms with Gasteiger partial charge in [0.1, 0.15) is 17.2 Å². The molecule has 0 unspecified atom stereocenters. The molecular weight excluding hydrogens is 336 g/mol. The number of hydrogen-bond donors (Lipinski definition) is 1. The predicted molar refractivity (Wildman–Crippen MR) is 103 cm³/mol. The van der Waals surface area contributed by atoms with E-state index in [2.05, 4.69) is 11.9 Å². The molecule has 0 saturated carbocycles. The molecule has 134 valence electrons. The van der Waals surface area contributed by atoms with E-state index < -0.39 is 0 Å². The number of aryl methyl sites for hydroxylation is 2. The molecule has 0 spiro atoms. The number of pyridine rings is 1. The molecule has 0 amide bonds. The summed E-state index contributed by atoms with van der Waals surface area (Å²) in [6.45, 7) is 6.01. The van der Waals surface area contributed by atoms with Gasteiger partial charge in [0.05, 0.1) is 7.11 Å². The van der Waals surface area contributed by atoms with Gasteiger partial charge in [-0.25, -0.2) is 4.98 Å². The van der Waals surface area contributed by atoms with Crippen LogP contribution in [0.15, 0.2) is 30.5 Å². The maximum Gasteiger partial charge on any atom is 0.150 e. The number of nitrogens with zero attached hydrogens (tertiary/aromatic N) is 1. The molecule has 2 rings (SSSR count). The Hall–Kier alpha value is -2.20. The molecule has 1 aromatic carbocycles. The van der Waals surface area contributed by atoms with Crippen molar-refractivity contribution in [1.29, 1.82) is 5.41 Å². The number of carbonyl (C=O) groups is 1. The molecule has 0 aliphatic heterocycles. The van der Waals surface area contributed by atoms with E-state index in [-0.39, 0.29) is 0 Å². The highest BCUT2D eigenvalue weighted by Gasteiger charge is 2.04. The smallest absolute Gasteiger partial charge is 0.150 e. The number of halogens is 1. The van der Waals surface area contributed by atoms with Gasteiger partial charge in [-0.1, -0.05) is 44.0 Å². The van der Waals surface area contributed by atoms with Gasteiger partial charge in [0.15, 0.2) is 0 Å². The third-order valence-electron chi connectivity index (χ3n) is 3.72. The highest BCUT2D eigenvalue weighted by molar-refractivity contribution is 6.29. The Labute approximate surface area is 154 Å². The first kappa shape index (κ1) is 20.8. The van der Waals surface area contributed by atoms with Crippen molar-refractivity contribution < 1.29 is 9.53 Å². The zero-order chi connectivity index (χ0) is 18.8. The van der Waals surface area contributed by atoms with Crippen molar-refractivity contribution in [3.8, 4) is 5.75 Å². The second kappa shape index (κ2) is 10.6. The van der Waals surface area contributed by atoms with Gasteiger partial charge in [0, 0.05) is 23.0 Å². The van der Waals surface area contributed by atoms with Crippen LogP contribution in [-0.4, -0.2) is 24.1 Å². The van der Waals surface area contributed by atoms with Gasteiger partial charge >= 0.3 is 0 Å². The first-order chi connectivity index (χ1) is 12.0. The lowest BCUT2D eigenvalue weighted by Crippen LogP contribution is -2.00. The highest BCUT2D eigenvalue weighted by atomic mass is 35.5. The van der Waals surface area contributed by atoms with Crippen molar-refractivity contribution in [3.63, 3.8) is 0 Å². The van der Waals surface area contributed by atoms with Crippen LogP contribution < -0.4 is 4.74 Å². The van der Waals surface area contributed by atoms with E-state index in [9.17, 15) is 4.79 Å². The fraction of sp³-hybridized carbons (Fsp3) is 0.350. The summed E-state index contributed by atoms with van der Waals surface area (Å²) in [6.07, 6.45) is 5.28. The molecule has 1 heterocycles. The van der Waals surface area contributed by atoms with Crippen molar-refractivity contribution in [3.05, 3.63) is 57.9 Å². The molecule has 0 aliphatic rings. The number of carbonyl (C=O) groups excluding carboxylic acids is 1. The summed E-state index contributed by atoms with van der Waals surface area (Å²) in [6, 6.07) is 7.33. The molecule has 0 saturated heterocycles. The van der Waals surface area contributed by atoms with Crippen LogP contribution in [0, 0.1) is 12.3 Å². The van der Waals surface area contributed by atoms with Gasteiger partial charge in [-0.15, -0.1) is 0 Å². The lowest BCUT2D eigenvalue weighted by Gasteiger charge is -2.07. The summed E-state index contributed by atoms with van der Waals surface area (Å²) in [5.41, 5.74) is 4.34. The average molecular weight is 361 g/mol. The molecule has 0 radical (unpaired) electrons. The first-order valence-corrected chi connectivity index (χ1v) is 8.66. The van der Waals surface area contributed by atoms with Crippen LogP contribution in [0.5, 0.6) is 5.75 Å². The summed E-state index contributed by atoms with van der Waals surface area (Å²) in [7, 11) is 1.63. The minimum absolute atomic E-state index is 0.486. The lowest BCUT2D eigenvalue weighted by molar-refractivity contribution is 0.112. The van der Waals surface area contributed by atoms with Crippen LogP contribution in [0.3, 0.4) is 0 Å². The maximum atomic E-state index is 10.5. The number of aldehydes is 1. The molecule has 0 atom stereocenters. The van der Waals surface area contributed by atoms with Gasteiger partial charge in [-0.3, -0.25) is 4.79 Å². The van der Waals surface area contributed by atoms with Crippen LogP contribution in [0.4, 0.5) is 0 Å². The van der Waals surface area contributed by atoms with Crippen LogP contribution in [0.25, 0.3) is 0 Å². The van der Waals surface area contributed by atoms with Crippen molar-refractivity contribution in [2.24, 2.45) is 0 Å². The molecule has 1 N–H and O–H groups in total. The molecule has 0 bridgehead atoms. The minimum Gasteiger partial charge on any atom is -0.496 e. The van der Waals surface area contributed by atoms with Gasteiger partial charge in [-0.05, 0) is 43.0 Å². The molecule has 2 aromatic rings. The minimum atomic E-state index is 0.486. The van der Waals surface area contributed by atoms with Gasteiger partial charge in [0.2, 0.25) is 0 Å². The van der Waals surface area contributed by atoms with Crippen LogP contribution in [0.2, 0.25) is 5.15 Å². The van der Waals surface area contributed by atoms with E-state index in [4.69, 9.17) is 21.7 Å². The lowest BCUT2D eigenvalue weighted by atomic mass is 10.1. The number of hydrogen-bond acceptors (Lipinski definition) is 4. The van der Waals surface area contributed by atoms with Crippen LogP contribution in [-0.2, 0) is 6.42 Å². The molecule has 5 heteroatoms. The number of methoxy groups -OCH3 is 1. The number of rotatable bonds is 6. The number of nitrogens with one attached hydrogen (secondary N) is 1. The Morgan fingerprint density at radius 2 is 2.04 bits per heavy atom. The van der Waals surface area contributed by atoms with Crippen molar-refractivity contribution >= 4 is 23.6 Å². The van der Waals surface area contributed by atoms with Crippen molar-refractivity contribution in [2.45, 2.75) is 40.0 Å². The molecule has 0 fully saturated rings. The SMILES string of the molecule is CCC(=N)c1cnc(Cl)cc1C.CCCc1ccc(C=O)cc1OC. The molecule has 0 aliphatic carbocycles. The van der Waals surface area contributed by atoms with Crippen LogP contribution in [0.1, 0.15) is 53.7 Å². The van der Waals surface area contributed by atoms with E-state index >= 15 is 0 Å². The number of ether oxygens (including phenoxy) is 1. The second-order valence-electron chi connectivity index (χ2n) is 5.59. The second-order valence-corrected chi connectivity index (χ2v) is 5.98. The predicted octanol–water partition coefficient (Wildman–Crippen LogP) is 5.28. The Balaban J connectivity index is 0.000000251. The molecule has 1 aromatic heterocycles. The number of aromatic nitrogens is 1. The van der Waals surface area contributed by atoms with Gasteiger partial charge < -0.3 is 10.1 Å². The molecule has 25 heavy (non-hydrogen) atoms. The molecule has 4 nitrogen and oxygen atoms in total. The number of benzene rings is 1. The summed E-state index contributed by atoms with van der Waals surface area (Å²) >= 11 is 5.68. The summed E-state index contributed by atoms with van der Waals surface area (Å²) in [5, 5.41) is 8.09.